The second-order valence-electron chi connectivity index (χ2n) is 8.22. The van der Waals surface area contributed by atoms with Crippen LogP contribution in [0.1, 0.15) is 24.1 Å². The topological polar surface area (TPSA) is 84.7 Å². The van der Waals surface area contributed by atoms with Gasteiger partial charge >= 0.3 is 0 Å². The zero-order chi connectivity index (χ0) is 22.6. The van der Waals surface area contributed by atoms with Gasteiger partial charge in [0, 0.05) is 30.1 Å². The van der Waals surface area contributed by atoms with Gasteiger partial charge in [-0.15, -0.1) is 11.3 Å². The van der Waals surface area contributed by atoms with Crippen LogP contribution in [0.2, 0.25) is 0 Å². The first-order valence-electron chi connectivity index (χ1n) is 10.8. The van der Waals surface area contributed by atoms with Crippen molar-refractivity contribution in [3.63, 3.8) is 0 Å². The van der Waals surface area contributed by atoms with Crippen LogP contribution in [0, 0.1) is 12.8 Å². The summed E-state index contributed by atoms with van der Waals surface area (Å²) in [6, 6.07) is 11.7. The number of aromatic nitrogens is 1. The van der Waals surface area contributed by atoms with Crippen LogP contribution in [0.4, 0.5) is 0 Å². The highest BCUT2D eigenvalue weighted by atomic mass is 32.2. The van der Waals surface area contributed by atoms with Crippen LogP contribution in [0.15, 0.2) is 50.5 Å². The molecule has 9 heteroatoms. The standard InChI is InChI=1S/C23H29N3O4S2/c1-17-13-22(30-25-17)20-14-23(31-16-20)32(27,28)24-15-19-8-11-26(12-9-19)10-7-18-3-5-21(29-2)6-4-18/h3-6,13-14,16,19,24H,7-12,15H2,1-2H3. The summed E-state index contributed by atoms with van der Waals surface area (Å²) in [5.41, 5.74) is 2.81. The van der Waals surface area contributed by atoms with Crippen molar-refractivity contribution in [2.24, 2.45) is 5.92 Å². The second kappa shape index (κ2) is 10.2. The zero-order valence-electron chi connectivity index (χ0n) is 18.4. The monoisotopic (exact) mass is 475 g/mol. The molecule has 1 N–H and O–H groups in total. The molecule has 0 atom stereocenters. The van der Waals surface area contributed by atoms with Crippen molar-refractivity contribution in [2.45, 2.75) is 30.4 Å². The molecule has 0 unspecified atom stereocenters. The second-order valence-corrected chi connectivity index (χ2v) is 11.1. The fraction of sp³-hybridized carbons (Fsp3) is 0.435. The average Bonchev–Trinajstić information content (AvgIpc) is 3.47. The van der Waals surface area contributed by atoms with Gasteiger partial charge in [-0.05, 0) is 69.0 Å². The van der Waals surface area contributed by atoms with E-state index in [0.717, 1.165) is 55.9 Å². The molecule has 4 rings (SSSR count). The summed E-state index contributed by atoms with van der Waals surface area (Å²) in [6.07, 6.45) is 3.00. The van der Waals surface area contributed by atoms with E-state index in [1.54, 1.807) is 24.6 Å². The van der Waals surface area contributed by atoms with E-state index in [-0.39, 0.29) is 0 Å². The average molecular weight is 476 g/mol. The Kier molecular flexibility index (Phi) is 7.30. The molecule has 7 nitrogen and oxygen atoms in total. The molecule has 2 aromatic heterocycles. The Bertz CT molecular complexity index is 1110. The number of methoxy groups -OCH3 is 1. The van der Waals surface area contributed by atoms with Crippen molar-refractivity contribution < 1.29 is 17.7 Å². The molecule has 32 heavy (non-hydrogen) atoms. The largest absolute Gasteiger partial charge is 0.497 e. The molecule has 3 heterocycles. The minimum absolute atomic E-state index is 0.304. The molecule has 0 amide bonds. The molecular formula is C23H29N3O4S2. The third-order valence-corrected chi connectivity index (χ3v) is 8.76. The number of aryl methyl sites for hydroxylation is 1. The maximum Gasteiger partial charge on any atom is 0.250 e. The molecule has 1 aromatic carbocycles. The Morgan fingerprint density at radius 3 is 2.62 bits per heavy atom. The molecule has 3 aromatic rings. The smallest absolute Gasteiger partial charge is 0.250 e. The van der Waals surface area contributed by atoms with E-state index in [2.05, 4.69) is 26.9 Å². The highest BCUT2D eigenvalue weighted by Gasteiger charge is 2.23. The Morgan fingerprint density at radius 1 is 1.22 bits per heavy atom. The van der Waals surface area contributed by atoms with E-state index in [1.165, 1.54) is 16.9 Å². The first kappa shape index (κ1) is 23.0. The number of hydrogen-bond acceptors (Lipinski definition) is 7. The highest BCUT2D eigenvalue weighted by molar-refractivity contribution is 7.91. The number of thiophene rings is 1. The summed E-state index contributed by atoms with van der Waals surface area (Å²) < 4.78 is 39.0. The number of benzene rings is 1. The van der Waals surface area contributed by atoms with E-state index in [0.29, 0.717) is 22.4 Å². The van der Waals surface area contributed by atoms with Crippen LogP contribution in [-0.4, -0.2) is 51.8 Å². The van der Waals surface area contributed by atoms with Gasteiger partial charge in [-0.3, -0.25) is 0 Å². The van der Waals surface area contributed by atoms with Crippen molar-refractivity contribution in [2.75, 3.05) is 33.3 Å². The van der Waals surface area contributed by atoms with Gasteiger partial charge in [0.15, 0.2) is 5.76 Å². The number of likely N-dealkylation sites (tertiary alicyclic amines) is 1. The van der Waals surface area contributed by atoms with E-state index < -0.39 is 10.0 Å². The molecular weight excluding hydrogens is 446 g/mol. The minimum atomic E-state index is -3.52. The molecule has 1 fully saturated rings. The van der Waals surface area contributed by atoms with Crippen LogP contribution in [0.3, 0.4) is 0 Å². The van der Waals surface area contributed by atoms with Gasteiger partial charge in [-0.25, -0.2) is 13.1 Å². The van der Waals surface area contributed by atoms with Gasteiger partial charge in [-0.2, -0.15) is 0 Å². The molecule has 1 aliphatic heterocycles. The Labute approximate surface area is 193 Å². The number of ether oxygens (including phenoxy) is 1. The maximum absolute atomic E-state index is 12.7. The third kappa shape index (κ3) is 5.78. The number of nitrogens with one attached hydrogen (secondary N) is 1. The summed E-state index contributed by atoms with van der Waals surface area (Å²) >= 11 is 1.20. The predicted octanol–water partition coefficient (Wildman–Crippen LogP) is 3.95. The fourth-order valence-electron chi connectivity index (χ4n) is 3.88. The maximum atomic E-state index is 12.7. The van der Waals surface area contributed by atoms with Gasteiger partial charge in [-0.1, -0.05) is 17.3 Å². The third-order valence-electron chi connectivity index (χ3n) is 5.90. The first-order valence-corrected chi connectivity index (χ1v) is 13.2. The molecule has 172 valence electrons. The molecule has 1 saturated heterocycles. The number of rotatable bonds is 9. The number of sulfonamides is 1. The summed E-state index contributed by atoms with van der Waals surface area (Å²) in [5, 5.41) is 5.65. The van der Waals surface area contributed by atoms with E-state index in [4.69, 9.17) is 9.26 Å². The lowest BCUT2D eigenvalue weighted by Gasteiger charge is -2.32. The summed E-state index contributed by atoms with van der Waals surface area (Å²) in [4.78, 5) is 2.46. The Morgan fingerprint density at radius 2 is 1.97 bits per heavy atom. The lowest BCUT2D eigenvalue weighted by molar-refractivity contribution is 0.187. The molecule has 0 bridgehead atoms. The summed E-state index contributed by atoms with van der Waals surface area (Å²) in [7, 11) is -1.85. The van der Waals surface area contributed by atoms with Gasteiger partial charge in [0.2, 0.25) is 10.0 Å². The van der Waals surface area contributed by atoms with Crippen molar-refractivity contribution in [3.05, 3.63) is 53.0 Å². The number of piperidine rings is 1. The minimum Gasteiger partial charge on any atom is -0.497 e. The van der Waals surface area contributed by atoms with Crippen molar-refractivity contribution in [1.29, 1.82) is 0 Å². The lowest BCUT2D eigenvalue weighted by atomic mass is 9.97. The molecule has 1 aliphatic rings. The molecule has 0 aliphatic carbocycles. The number of nitrogens with zero attached hydrogens (tertiary/aromatic N) is 2. The van der Waals surface area contributed by atoms with E-state index in [1.807, 2.05) is 19.1 Å². The number of hydrogen-bond donors (Lipinski definition) is 1. The summed E-state index contributed by atoms with van der Waals surface area (Å²) in [6.45, 7) is 5.32. The van der Waals surface area contributed by atoms with Crippen LogP contribution in [-0.2, 0) is 16.4 Å². The van der Waals surface area contributed by atoms with Gasteiger partial charge in [0.1, 0.15) is 9.96 Å². The van der Waals surface area contributed by atoms with Crippen LogP contribution < -0.4 is 9.46 Å². The fourth-order valence-corrected chi connectivity index (χ4v) is 6.21. The highest BCUT2D eigenvalue weighted by Crippen LogP contribution is 2.29. The Hall–Kier alpha value is -2.20. The van der Waals surface area contributed by atoms with Crippen molar-refractivity contribution >= 4 is 21.4 Å². The first-order chi connectivity index (χ1) is 15.4. The van der Waals surface area contributed by atoms with Crippen LogP contribution >= 0.6 is 11.3 Å². The molecule has 0 spiro atoms. The van der Waals surface area contributed by atoms with Gasteiger partial charge in [0.25, 0.3) is 0 Å². The van der Waals surface area contributed by atoms with Gasteiger partial charge in [0.05, 0.1) is 12.8 Å². The summed E-state index contributed by atoms with van der Waals surface area (Å²) in [5.74, 6) is 1.82. The zero-order valence-corrected chi connectivity index (χ0v) is 20.0. The molecule has 0 radical (unpaired) electrons. The predicted molar refractivity (Wildman–Crippen MR) is 126 cm³/mol. The van der Waals surface area contributed by atoms with Crippen molar-refractivity contribution in [1.82, 2.24) is 14.8 Å². The van der Waals surface area contributed by atoms with Crippen molar-refractivity contribution in [3.8, 4) is 17.1 Å². The Balaban J connectivity index is 1.22. The van der Waals surface area contributed by atoms with Gasteiger partial charge < -0.3 is 14.2 Å². The quantitative estimate of drug-likeness (QED) is 0.504. The van der Waals surface area contributed by atoms with Crippen LogP contribution in [0.25, 0.3) is 11.3 Å². The van der Waals surface area contributed by atoms with E-state index in [9.17, 15) is 8.42 Å². The molecule has 0 saturated carbocycles. The van der Waals surface area contributed by atoms with Crippen LogP contribution in [0.5, 0.6) is 5.75 Å². The lowest BCUT2D eigenvalue weighted by Crippen LogP contribution is -2.39. The van der Waals surface area contributed by atoms with E-state index >= 15 is 0 Å². The normalized spacial score (nSPS) is 15.8. The SMILES string of the molecule is COc1ccc(CCN2CCC(CNS(=O)(=O)c3cc(-c4cc(C)no4)cs3)CC2)cc1.